The second-order valence-corrected chi connectivity index (χ2v) is 4.35. The predicted octanol–water partition coefficient (Wildman–Crippen LogP) is 0.604. The van der Waals surface area contributed by atoms with Gasteiger partial charge in [-0.15, -0.1) is 0 Å². The van der Waals surface area contributed by atoms with Crippen LogP contribution in [0.25, 0.3) is 0 Å². The van der Waals surface area contributed by atoms with Crippen LogP contribution in [0.2, 0.25) is 0 Å². The lowest BCUT2D eigenvalue weighted by molar-refractivity contribution is 0.0967. The fourth-order valence-corrected chi connectivity index (χ4v) is 1.59. The Morgan fingerprint density at radius 2 is 2.06 bits per heavy atom. The van der Waals surface area contributed by atoms with Gasteiger partial charge < -0.3 is 14.8 Å². The van der Waals surface area contributed by atoms with Crippen LogP contribution in [0.1, 0.15) is 30.6 Å². The maximum absolute atomic E-state index is 11.8. The summed E-state index contributed by atoms with van der Waals surface area (Å²) in [5, 5.41) is 18.2. The maximum Gasteiger partial charge on any atom is 0.492 e. The molecule has 0 aliphatic rings. The normalized spacial score (nSPS) is 10.5. The number of ketones is 1. The number of carbonyl (C=O) groups is 1. The van der Waals surface area contributed by atoms with Crippen LogP contribution in [-0.2, 0) is 0 Å². The monoisotopic (exact) mass is 236 g/mol. The van der Waals surface area contributed by atoms with Gasteiger partial charge in [0.15, 0.2) is 5.78 Å². The number of benzene rings is 1. The summed E-state index contributed by atoms with van der Waals surface area (Å²) in [5.74, 6) is 0.628. The molecule has 0 heterocycles. The van der Waals surface area contributed by atoms with Gasteiger partial charge >= 0.3 is 7.12 Å². The third kappa shape index (κ3) is 3.58. The van der Waals surface area contributed by atoms with E-state index >= 15 is 0 Å². The summed E-state index contributed by atoms with van der Waals surface area (Å²) in [4.78, 5) is 11.8. The average molecular weight is 236 g/mol. The largest absolute Gasteiger partial charge is 0.497 e. The molecular weight excluding hydrogens is 219 g/mol. The first kappa shape index (κ1) is 13.7. The van der Waals surface area contributed by atoms with Crippen molar-refractivity contribution in [2.75, 3.05) is 7.11 Å². The number of ether oxygens (including phenoxy) is 1. The summed E-state index contributed by atoms with van der Waals surface area (Å²) in [5.41, 5.74) is 0.786. The van der Waals surface area contributed by atoms with Gasteiger partial charge in [0.1, 0.15) is 5.75 Å². The third-order valence-electron chi connectivity index (χ3n) is 2.43. The molecule has 0 aliphatic carbocycles. The number of rotatable bonds is 5. The van der Waals surface area contributed by atoms with Gasteiger partial charge in [-0.05, 0) is 12.0 Å². The third-order valence-corrected chi connectivity index (χ3v) is 2.43. The van der Waals surface area contributed by atoms with E-state index in [9.17, 15) is 4.79 Å². The highest BCUT2D eigenvalue weighted by Gasteiger charge is 2.18. The Balaban J connectivity index is 3.01. The number of Topliss-reactive ketones (excluding diaryl/α,β-unsaturated/α-hetero) is 1. The lowest BCUT2D eigenvalue weighted by Crippen LogP contribution is -2.31. The zero-order valence-corrected chi connectivity index (χ0v) is 10.3. The maximum atomic E-state index is 11.8. The molecule has 2 N–H and O–H groups in total. The highest BCUT2D eigenvalue weighted by molar-refractivity contribution is 6.59. The Bertz CT molecular complexity index is 401. The van der Waals surface area contributed by atoms with Crippen LogP contribution >= 0.6 is 0 Å². The fraction of sp³-hybridized carbons (Fsp3) is 0.417. The number of methoxy groups -OCH3 is 1. The quantitative estimate of drug-likeness (QED) is 0.580. The summed E-state index contributed by atoms with van der Waals surface area (Å²) in [6.45, 7) is 3.95. The predicted molar refractivity (Wildman–Crippen MR) is 66.6 cm³/mol. The van der Waals surface area contributed by atoms with Crippen molar-refractivity contribution in [3.63, 3.8) is 0 Å². The molecule has 4 nitrogen and oxygen atoms in total. The SMILES string of the molecule is COc1cc(C(=O)CC(C)C)ccc1B(O)O. The molecule has 0 atom stereocenters. The van der Waals surface area contributed by atoms with E-state index in [0.717, 1.165) is 0 Å². The minimum atomic E-state index is -1.60. The summed E-state index contributed by atoms with van der Waals surface area (Å²) in [6, 6.07) is 4.62. The van der Waals surface area contributed by atoms with Gasteiger partial charge in [-0.3, -0.25) is 4.79 Å². The van der Waals surface area contributed by atoms with Crippen LogP contribution in [0.3, 0.4) is 0 Å². The first-order valence-corrected chi connectivity index (χ1v) is 5.53. The second-order valence-electron chi connectivity index (χ2n) is 4.35. The topological polar surface area (TPSA) is 66.8 Å². The number of carbonyl (C=O) groups excluding carboxylic acids is 1. The molecular formula is C12H17BO4. The molecule has 1 aromatic carbocycles. The summed E-state index contributed by atoms with van der Waals surface area (Å²) in [7, 11) is -0.169. The Labute approximate surface area is 101 Å². The van der Waals surface area contributed by atoms with E-state index in [2.05, 4.69) is 0 Å². The molecule has 0 saturated heterocycles. The van der Waals surface area contributed by atoms with Gasteiger partial charge in [-0.2, -0.15) is 0 Å². The van der Waals surface area contributed by atoms with Crippen molar-refractivity contribution in [2.45, 2.75) is 20.3 Å². The minimum absolute atomic E-state index is 0.0253. The van der Waals surface area contributed by atoms with Crippen LogP contribution in [0.15, 0.2) is 18.2 Å². The van der Waals surface area contributed by atoms with Crippen LogP contribution in [0, 0.1) is 5.92 Å². The summed E-state index contributed by atoms with van der Waals surface area (Å²) >= 11 is 0. The molecule has 0 bridgehead atoms. The Hall–Kier alpha value is -1.33. The van der Waals surface area contributed by atoms with Crippen molar-refractivity contribution in [3.8, 4) is 5.75 Å². The molecule has 1 aromatic rings. The first-order chi connectivity index (χ1) is 7.95. The van der Waals surface area contributed by atoms with Crippen molar-refractivity contribution in [3.05, 3.63) is 23.8 Å². The van der Waals surface area contributed by atoms with Crippen LogP contribution in [0.4, 0.5) is 0 Å². The highest BCUT2D eigenvalue weighted by Crippen LogP contribution is 2.15. The Kier molecular flexibility index (Phi) is 4.72. The zero-order valence-electron chi connectivity index (χ0n) is 10.3. The van der Waals surface area contributed by atoms with Crippen molar-refractivity contribution >= 4 is 18.4 Å². The molecule has 0 amide bonds. The molecule has 17 heavy (non-hydrogen) atoms. The second kappa shape index (κ2) is 5.84. The smallest absolute Gasteiger partial charge is 0.492 e. The minimum Gasteiger partial charge on any atom is -0.497 e. The lowest BCUT2D eigenvalue weighted by atomic mass is 9.79. The number of hydrogen-bond donors (Lipinski definition) is 2. The number of hydrogen-bond acceptors (Lipinski definition) is 4. The molecule has 0 fully saturated rings. The van der Waals surface area contributed by atoms with Gasteiger partial charge in [-0.25, -0.2) is 0 Å². The first-order valence-electron chi connectivity index (χ1n) is 5.53. The van der Waals surface area contributed by atoms with E-state index in [1.165, 1.54) is 13.2 Å². The van der Waals surface area contributed by atoms with Crippen LogP contribution < -0.4 is 10.2 Å². The van der Waals surface area contributed by atoms with Gasteiger partial charge in [-0.1, -0.05) is 26.0 Å². The molecule has 92 valence electrons. The fourth-order valence-electron chi connectivity index (χ4n) is 1.59. The average Bonchev–Trinajstić information content (AvgIpc) is 2.27. The van der Waals surface area contributed by atoms with Gasteiger partial charge in [0.2, 0.25) is 0 Å². The summed E-state index contributed by atoms with van der Waals surface area (Å²) < 4.78 is 5.03. The molecule has 0 spiro atoms. The Morgan fingerprint density at radius 3 is 2.53 bits per heavy atom. The molecule has 0 aromatic heterocycles. The highest BCUT2D eigenvalue weighted by atomic mass is 16.5. The standard InChI is InChI=1S/C12H17BO4/c1-8(2)6-11(14)9-4-5-10(13(15)16)12(7-9)17-3/h4-5,7-8,15-16H,6H2,1-3H3. The molecule has 0 unspecified atom stereocenters. The van der Waals surface area contributed by atoms with E-state index in [4.69, 9.17) is 14.8 Å². The zero-order chi connectivity index (χ0) is 13.0. The van der Waals surface area contributed by atoms with Crippen molar-refractivity contribution in [1.29, 1.82) is 0 Å². The van der Waals surface area contributed by atoms with Crippen molar-refractivity contribution in [1.82, 2.24) is 0 Å². The molecule has 0 radical (unpaired) electrons. The molecule has 5 heteroatoms. The van der Waals surface area contributed by atoms with Gasteiger partial charge in [0.25, 0.3) is 0 Å². The molecule has 1 rings (SSSR count). The van der Waals surface area contributed by atoms with E-state index in [1.807, 2.05) is 13.8 Å². The lowest BCUT2D eigenvalue weighted by Gasteiger charge is -2.10. The van der Waals surface area contributed by atoms with E-state index in [0.29, 0.717) is 17.7 Å². The van der Waals surface area contributed by atoms with Crippen LogP contribution in [-0.4, -0.2) is 30.1 Å². The Morgan fingerprint density at radius 1 is 1.41 bits per heavy atom. The van der Waals surface area contributed by atoms with E-state index in [-0.39, 0.29) is 17.2 Å². The van der Waals surface area contributed by atoms with Gasteiger partial charge in [0.05, 0.1) is 7.11 Å². The van der Waals surface area contributed by atoms with Crippen molar-refractivity contribution in [2.24, 2.45) is 5.92 Å². The molecule has 0 aliphatic heterocycles. The summed E-state index contributed by atoms with van der Waals surface area (Å²) in [6.07, 6.45) is 0.462. The van der Waals surface area contributed by atoms with E-state index in [1.54, 1.807) is 12.1 Å². The van der Waals surface area contributed by atoms with Gasteiger partial charge in [0, 0.05) is 17.4 Å². The molecule has 0 saturated carbocycles. The van der Waals surface area contributed by atoms with E-state index < -0.39 is 7.12 Å². The van der Waals surface area contributed by atoms with Crippen LogP contribution in [0.5, 0.6) is 5.75 Å². The van der Waals surface area contributed by atoms with Crippen molar-refractivity contribution < 1.29 is 19.6 Å².